The zero-order valence-corrected chi connectivity index (χ0v) is 13.2. The Kier molecular flexibility index (Phi) is 3.85. The van der Waals surface area contributed by atoms with Gasteiger partial charge in [0.25, 0.3) is 0 Å². The summed E-state index contributed by atoms with van der Waals surface area (Å²) < 4.78 is 5.07. The van der Waals surface area contributed by atoms with Crippen LogP contribution in [0.5, 0.6) is 0 Å². The van der Waals surface area contributed by atoms with Crippen molar-refractivity contribution in [2.24, 2.45) is 4.99 Å². The summed E-state index contributed by atoms with van der Waals surface area (Å²) in [5.41, 5.74) is 2.04. The van der Waals surface area contributed by atoms with Gasteiger partial charge < -0.3 is 10.1 Å². The summed E-state index contributed by atoms with van der Waals surface area (Å²) >= 11 is 1.57. The molecule has 0 bridgehead atoms. The number of fused-ring (bicyclic) bond motifs is 3. The van der Waals surface area contributed by atoms with E-state index in [0.29, 0.717) is 17.4 Å². The third kappa shape index (κ3) is 2.25. The second kappa shape index (κ2) is 5.81. The smallest absolute Gasteiger partial charge is 0.340 e. The van der Waals surface area contributed by atoms with E-state index >= 15 is 0 Å². The molecule has 1 aromatic carbocycles. The number of thioether (sulfide) groups is 1. The Bertz CT molecular complexity index is 906. The largest absolute Gasteiger partial charge is 0.462 e. The van der Waals surface area contributed by atoms with Gasteiger partial charge in [0, 0.05) is 16.8 Å². The Morgan fingerprint density at radius 1 is 1.45 bits per heavy atom. The first-order valence-electron chi connectivity index (χ1n) is 6.82. The molecule has 22 heavy (non-hydrogen) atoms. The molecule has 0 fully saturated rings. The molecule has 1 aromatic heterocycles. The summed E-state index contributed by atoms with van der Waals surface area (Å²) in [5.74, 6) is -0.405. The van der Waals surface area contributed by atoms with Gasteiger partial charge in [-0.3, -0.25) is 4.98 Å². The Morgan fingerprint density at radius 2 is 2.27 bits per heavy atom. The summed E-state index contributed by atoms with van der Waals surface area (Å²) in [6.07, 6.45) is 5.14. The number of hydrogen-bond acceptors (Lipinski definition) is 6. The van der Waals surface area contributed by atoms with E-state index in [1.807, 2.05) is 18.4 Å². The van der Waals surface area contributed by atoms with Gasteiger partial charge in [0.15, 0.2) is 0 Å². The topological polar surface area (TPSA) is 63.6 Å². The molecule has 6 heteroatoms. The van der Waals surface area contributed by atoms with E-state index in [4.69, 9.17) is 4.74 Å². The molecule has 1 N–H and O–H groups in total. The fourth-order valence-corrected chi connectivity index (χ4v) is 3.00. The van der Waals surface area contributed by atoms with Crippen LogP contribution in [-0.2, 0) is 4.74 Å². The van der Waals surface area contributed by atoms with Gasteiger partial charge in [-0.1, -0.05) is 6.58 Å². The van der Waals surface area contributed by atoms with Gasteiger partial charge in [0.2, 0.25) is 0 Å². The molecule has 112 valence electrons. The number of pyridine rings is 1. The van der Waals surface area contributed by atoms with E-state index in [0.717, 1.165) is 26.8 Å². The van der Waals surface area contributed by atoms with Gasteiger partial charge in [0.1, 0.15) is 5.03 Å². The van der Waals surface area contributed by atoms with Crippen LogP contribution in [0.1, 0.15) is 17.3 Å². The number of nitrogens with zero attached hydrogens (tertiary/aromatic N) is 2. The number of aromatic nitrogens is 1. The van der Waals surface area contributed by atoms with Gasteiger partial charge in [-0.25, -0.2) is 9.79 Å². The van der Waals surface area contributed by atoms with E-state index in [-0.39, 0.29) is 0 Å². The fraction of sp³-hybridized carbons (Fsp3) is 0.188. The predicted octanol–water partition coefficient (Wildman–Crippen LogP) is 1.70. The number of carbonyl (C=O) groups excluding carboxylic acids is 1. The summed E-state index contributed by atoms with van der Waals surface area (Å²) in [4.78, 5) is 20.7. The highest BCUT2D eigenvalue weighted by Crippen LogP contribution is 2.22. The monoisotopic (exact) mass is 313 g/mol. The van der Waals surface area contributed by atoms with Gasteiger partial charge >= 0.3 is 5.97 Å². The van der Waals surface area contributed by atoms with Crippen LogP contribution in [0.4, 0.5) is 5.69 Å². The number of carbonyl (C=O) groups is 1. The number of rotatable bonds is 3. The Balaban J connectivity index is 2.36. The Labute approximate surface area is 131 Å². The summed E-state index contributed by atoms with van der Waals surface area (Å²) in [5, 5.41) is 6.48. The summed E-state index contributed by atoms with van der Waals surface area (Å²) in [6.45, 7) is 6.16. The summed E-state index contributed by atoms with van der Waals surface area (Å²) in [7, 11) is 0. The van der Waals surface area contributed by atoms with Crippen LogP contribution in [0.25, 0.3) is 22.5 Å². The molecule has 0 saturated heterocycles. The number of esters is 1. The van der Waals surface area contributed by atoms with Crippen molar-refractivity contribution in [3.8, 4) is 0 Å². The number of ether oxygens (including phenoxy) is 1. The molecule has 1 aliphatic rings. The average Bonchev–Trinajstić information content (AvgIpc) is 2.54. The van der Waals surface area contributed by atoms with Crippen LogP contribution >= 0.6 is 11.8 Å². The first kappa shape index (κ1) is 14.6. The van der Waals surface area contributed by atoms with Crippen molar-refractivity contribution >= 4 is 52.3 Å². The van der Waals surface area contributed by atoms with Gasteiger partial charge in [-0.2, -0.15) is 0 Å². The highest BCUT2D eigenvalue weighted by molar-refractivity contribution is 8.07. The van der Waals surface area contributed by atoms with Crippen molar-refractivity contribution in [3.05, 3.63) is 34.3 Å². The van der Waals surface area contributed by atoms with Crippen molar-refractivity contribution in [1.29, 1.82) is 0 Å². The lowest BCUT2D eigenvalue weighted by Gasteiger charge is -2.14. The van der Waals surface area contributed by atoms with Crippen LogP contribution in [0.2, 0.25) is 0 Å². The van der Waals surface area contributed by atoms with Crippen LogP contribution < -0.4 is 15.8 Å². The van der Waals surface area contributed by atoms with E-state index in [1.54, 1.807) is 25.0 Å². The predicted molar refractivity (Wildman–Crippen MR) is 91.5 cm³/mol. The highest BCUT2D eigenvalue weighted by atomic mass is 32.2. The molecule has 0 saturated carbocycles. The van der Waals surface area contributed by atoms with Crippen LogP contribution in [0.3, 0.4) is 0 Å². The Morgan fingerprint density at radius 3 is 3.00 bits per heavy atom. The minimum Gasteiger partial charge on any atom is -0.462 e. The lowest BCUT2D eigenvalue weighted by Crippen LogP contribution is -2.23. The van der Waals surface area contributed by atoms with Crippen molar-refractivity contribution in [1.82, 2.24) is 4.98 Å². The molecule has 0 atom stereocenters. The van der Waals surface area contributed by atoms with Crippen LogP contribution in [0, 0.1) is 0 Å². The second-order valence-electron chi connectivity index (χ2n) is 4.66. The van der Waals surface area contributed by atoms with Gasteiger partial charge in [-0.15, -0.1) is 11.8 Å². The minimum atomic E-state index is -0.405. The molecule has 0 amide bonds. The molecule has 0 unspecified atom stereocenters. The number of anilines is 1. The molecular weight excluding hydrogens is 298 g/mol. The fourth-order valence-electron chi connectivity index (χ4n) is 2.45. The SMILES string of the molecule is C=c1c(C(=O)OCC)cnc2ccc3c(c12)NC=NC=3SC. The maximum Gasteiger partial charge on any atom is 0.340 e. The summed E-state index contributed by atoms with van der Waals surface area (Å²) in [6, 6.07) is 3.89. The van der Waals surface area contributed by atoms with Crippen LogP contribution in [-0.4, -0.2) is 30.2 Å². The molecule has 0 radical (unpaired) electrons. The molecule has 3 rings (SSSR count). The molecular formula is C16H15N3O2S. The average molecular weight is 313 g/mol. The number of benzene rings is 1. The molecule has 1 aliphatic heterocycles. The number of nitrogens with one attached hydrogen (secondary N) is 1. The maximum atomic E-state index is 12.0. The number of aliphatic imine (C=N–C) groups is 1. The maximum absolute atomic E-state index is 12.0. The van der Waals surface area contributed by atoms with E-state index in [2.05, 4.69) is 21.9 Å². The van der Waals surface area contributed by atoms with Gasteiger partial charge in [-0.05, 0) is 30.5 Å². The van der Waals surface area contributed by atoms with Crippen molar-refractivity contribution in [3.63, 3.8) is 0 Å². The van der Waals surface area contributed by atoms with Gasteiger partial charge in [0.05, 0.1) is 29.7 Å². The third-order valence-electron chi connectivity index (χ3n) is 3.45. The zero-order valence-electron chi connectivity index (χ0n) is 12.3. The van der Waals surface area contributed by atoms with Crippen LogP contribution in [0.15, 0.2) is 23.3 Å². The first-order chi connectivity index (χ1) is 10.7. The Hall–Kier alpha value is -2.34. The molecule has 0 spiro atoms. The van der Waals surface area contributed by atoms with E-state index in [9.17, 15) is 4.79 Å². The second-order valence-corrected chi connectivity index (χ2v) is 5.46. The quantitative estimate of drug-likeness (QED) is 0.874. The number of hydrogen-bond donors (Lipinski definition) is 1. The van der Waals surface area contributed by atoms with E-state index < -0.39 is 5.97 Å². The van der Waals surface area contributed by atoms with E-state index in [1.165, 1.54) is 6.20 Å². The molecule has 5 nitrogen and oxygen atoms in total. The zero-order chi connectivity index (χ0) is 15.7. The minimum absolute atomic E-state index is 0.318. The lowest BCUT2D eigenvalue weighted by molar-refractivity contribution is 0.0525. The van der Waals surface area contributed by atoms with Crippen molar-refractivity contribution in [2.45, 2.75) is 6.92 Å². The third-order valence-corrected chi connectivity index (χ3v) is 4.16. The molecule has 0 aliphatic carbocycles. The highest BCUT2D eigenvalue weighted by Gasteiger charge is 2.15. The lowest BCUT2D eigenvalue weighted by atomic mass is 10.1. The van der Waals surface area contributed by atoms with Crippen molar-refractivity contribution in [2.75, 3.05) is 18.2 Å². The standard InChI is InChI=1S/C16H15N3O2S/c1-4-21-16(20)11-7-17-12-6-5-10-14(13(12)9(11)2)18-8-19-15(10)22-3/h5-8H,2,4H2,1,3H3,(H,18,19). The first-order valence-corrected chi connectivity index (χ1v) is 8.05. The normalized spacial score (nSPS) is 12.9. The molecule has 2 heterocycles. The van der Waals surface area contributed by atoms with Crippen molar-refractivity contribution < 1.29 is 9.53 Å². The molecule has 2 aromatic rings.